The lowest BCUT2D eigenvalue weighted by atomic mass is 9.67. The van der Waals surface area contributed by atoms with Crippen LogP contribution in [0.4, 0.5) is 0 Å². The Kier molecular flexibility index (Phi) is 2.26. The molecular formula is C10H12ClNO. The molecule has 0 radical (unpaired) electrons. The van der Waals surface area contributed by atoms with Crippen LogP contribution in [0.25, 0.3) is 0 Å². The molecule has 13 heavy (non-hydrogen) atoms. The van der Waals surface area contributed by atoms with Crippen LogP contribution in [0.3, 0.4) is 0 Å². The van der Waals surface area contributed by atoms with Crippen molar-refractivity contribution in [2.45, 2.75) is 24.7 Å². The summed E-state index contributed by atoms with van der Waals surface area (Å²) in [6, 6.07) is 5.59. The SMILES string of the molecule is OCC1(c2cccc(Cl)n2)CCC1. The van der Waals surface area contributed by atoms with E-state index < -0.39 is 0 Å². The maximum atomic E-state index is 9.30. The first-order valence-corrected chi connectivity index (χ1v) is 4.89. The number of rotatable bonds is 2. The molecule has 1 N–H and O–H groups in total. The third kappa shape index (κ3) is 1.45. The Morgan fingerprint density at radius 1 is 1.46 bits per heavy atom. The van der Waals surface area contributed by atoms with Gasteiger partial charge in [0.15, 0.2) is 0 Å². The first-order chi connectivity index (χ1) is 6.27. The molecule has 0 amide bonds. The molecule has 0 atom stereocenters. The van der Waals surface area contributed by atoms with Crippen LogP contribution < -0.4 is 0 Å². The zero-order valence-electron chi connectivity index (χ0n) is 7.33. The van der Waals surface area contributed by atoms with Crippen molar-refractivity contribution in [1.29, 1.82) is 0 Å². The molecule has 0 spiro atoms. The van der Waals surface area contributed by atoms with Crippen LogP contribution in [0.5, 0.6) is 0 Å². The van der Waals surface area contributed by atoms with E-state index in [1.54, 1.807) is 6.07 Å². The molecule has 2 rings (SSSR count). The minimum Gasteiger partial charge on any atom is -0.395 e. The molecule has 0 saturated heterocycles. The van der Waals surface area contributed by atoms with E-state index in [2.05, 4.69) is 4.98 Å². The van der Waals surface area contributed by atoms with Gasteiger partial charge in [0.1, 0.15) is 5.15 Å². The van der Waals surface area contributed by atoms with E-state index in [0.717, 1.165) is 18.5 Å². The van der Waals surface area contributed by atoms with Crippen molar-refractivity contribution in [2.24, 2.45) is 0 Å². The van der Waals surface area contributed by atoms with Crippen molar-refractivity contribution in [3.8, 4) is 0 Å². The lowest BCUT2D eigenvalue weighted by molar-refractivity contribution is 0.116. The van der Waals surface area contributed by atoms with Gasteiger partial charge < -0.3 is 5.11 Å². The topological polar surface area (TPSA) is 33.1 Å². The molecule has 0 aromatic carbocycles. The second kappa shape index (κ2) is 3.28. The first kappa shape index (κ1) is 8.97. The molecule has 1 saturated carbocycles. The van der Waals surface area contributed by atoms with Crippen LogP contribution in [0.15, 0.2) is 18.2 Å². The Labute approximate surface area is 82.6 Å². The highest BCUT2D eigenvalue weighted by Gasteiger charge is 2.39. The molecule has 1 aliphatic carbocycles. The zero-order chi connectivity index (χ0) is 9.31. The maximum absolute atomic E-state index is 9.30. The summed E-state index contributed by atoms with van der Waals surface area (Å²) in [5.41, 5.74) is 0.846. The number of hydrogen-bond donors (Lipinski definition) is 1. The number of pyridine rings is 1. The van der Waals surface area contributed by atoms with Crippen LogP contribution in [-0.4, -0.2) is 16.7 Å². The fraction of sp³-hybridized carbons (Fsp3) is 0.500. The largest absolute Gasteiger partial charge is 0.395 e. The molecule has 1 aliphatic rings. The quantitative estimate of drug-likeness (QED) is 0.738. The number of aromatic nitrogens is 1. The third-order valence-corrected chi connectivity index (χ3v) is 3.08. The number of halogens is 1. The van der Waals surface area contributed by atoms with Crippen LogP contribution in [0, 0.1) is 0 Å². The van der Waals surface area contributed by atoms with Gasteiger partial charge in [-0.25, -0.2) is 4.98 Å². The minimum atomic E-state index is -0.0924. The Morgan fingerprint density at radius 2 is 2.23 bits per heavy atom. The average Bonchev–Trinajstić information content (AvgIpc) is 2.03. The van der Waals surface area contributed by atoms with E-state index in [9.17, 15) is 5.11 Å². The summed E-state index contributed by atoms with van der Waals surface area (Å²) >= 11 is 5.80. The van der Waals surface area contributed by atoms with Gasteiger partial charge in [-0.1, -0.05) is 24.1 Å². The Morgan fingerprint density at radius 3 is 2.69 bits per heavy atom. The maximum Gasteiger partial charge on any atom is 0.129 e. The second-order valence-corrected chi connectivity index (χ2v) is 4.02. The van der Waals surface area contributed by atoms with Crippen LogP contribution in [0.1, 0.15) is 25.0 Å². The number of nitrogens with zero attached hydrogens (tertiary/aromatic N) is 1. The van der Waals surface area contributed by atoms with Gasteiger partial charge in [-0.15, -0.1) is 0 Å². The predicted octanol–water partition coefficient (Wildman–Crippen LogP) is 2.15. The first-order valence-electron chi connectivity index (χ1n) is 4.51. The smallest absolute Gasteiger partial charge is 0.129 e. The van der Waals surface area contributed by atoms with E-state index in [0.29, 0.717) is 5.15 Å². The summed E-state index contributed by atoms with van der Waals surface area (Å²) in [4.78, 5) is 4.24. The van der Waals surface area contributed by atoms with Crippen molar-refractivity contribution < 1.29 is 5.11 Å². The predicted molar refractivity (Wildman–Crippen MR) is 51.9 cm³/mol. The standard InChI is InChI=1S/C10H12ClNO/c11-9-4-1-3-8(12-9)10(7-13)5-2-6-10/h1,3-4,13H,2,5-7H2. The average molecular weight is 198 g/mol. The molecule has 1 aromatic heterocycles. The van der Waals surface area contributed by atoms with E-state index in [1.807, 2.05) is 12.1 Å². The van der Waals surface area contributed by atoms with Gasteiger partial charge in [0.25, 0.3) is 0 Å². The molecule has 1 heterocycles. The molecule has 0 aliphatic heterocycles. The van der Waals surface area contributed by atoms with Gasteiger partial charge in [0.05, 0.1) is 12.3 Å². The van der Waals surface area contributed by atoms with Crippen LogP contribution in [0.2, 0.25) is 5.15 Å². The van der Waals surface area contributed by atoms with E-state index in [4.69, 9.17) is 11.6 Å². The lowest BCUT2D eigenvalue weighted by Gasteiger charge is -2.39. The molecule has 1 aromatic rings. The summed E-state index contributed by atoms with van der Waals surface area (Å²) in [5, 5.41) is 9.81. The molecule has 1 fully saturated rings. The number of hydrogen-bond acceptors (Lipinski definition) is 2. The van der Waals surface area contributed by atoms with Gasteiger partial charge >= 0.3 is 0 Å². The highest BCUT2D eigenvalue weighted by atomic mass is 35.5. The van der Waals surface area contributed by atoms with Gasteiger partial charge in [0.2, 0.25) is 0 Å². The summed E-state index contributed by atoms with van der Waals surface area (Å²) < 4.78 is 0. The molecule has 2 nitrogen and oxygen atoms in total. The molecule has 0 unspecified atom stereocenters. The molecule has 3 heteroatoms. The number of aliphatic hydroxyl groups excluding tert-OH is 1. The van der Waals surface area contributed by atoms with Gasteiger partial charge in [-0.05, 0) is 25.0 Å². The van der Waals surface area contributed by atoms with Crippen molar-refractivity contribution in [3.63, 3.8) is 0 Å². The normalized spacial score (nSPS) is 19.5. The fourth-order valence-corrected chi connectivity index (χ4v) is 1.97. The van der Waals surface area contributed by atoms with Crippen molar-refractivity contribution in [2.75, 3.05) is 6.61 Å². The van der Waals surface area contributed by atoms with E-state index in [1.165, 1.54) is 6.42 Å². The minimum absolute atomic E-state index is 0.0924. The van der Waals surface area contributed by atoms with Crippen molar-refractivity contribution in [3.05, 3.63) is 29.0 Å². The van der Waals surface area contributed by atoms with Crippen molar-refractivity contribution >= 4 is 11.6 Å². The van der Waals surface area contributed by atoms with E-state index >= 15 is 0 Å². The van der Waals surface area contributed by atoms with Crippen LogP contribution >= 0.6 is 11.6 Å². The fourth-order valence-electron chi connectivity index (χ4n) is 1.80. The second-order valence-electron chi connectivity index (χ2n) is 3.64. The monoisotopic (exact) mass is 197 g/mol. The Hall–Kier alpha value is -0.600. The molecule has 0 bridgehead atoms. The van der Waals surface area contributed by atoms with Crippen LogP contribution in [-0.2, 0) is 5.41 Å². The summed E-state index contributed by atoms with van der Waals surface area (Å²) in [6.07, 6.45) is 3.22. The number of aliphatic hydroxyl groups is 1. The Bertz CT molecular complexity index is 304. The Balaban J connectivity index is 2.33. The lowest BCUT2D eigenvalue weighted by Crippen LogP contribution is -2.38. The summed E-state index contributed by atoms with van der Waals surface area (Å²) in [6.45, 7) is 0.181. The summed E-state index contributed by atoms with van der Waals surface area (Å²) in [7, 11) is 0. The highest BCUT2D eigenvalue weighted by molar-refractivity contribution is 6.29. The van der Waals surface area contributed by atoms with Gasteiger partial charge in [-0.2, -0.15) is 0 Å². The third-order valence-electron chi connectivity index (χ3n) is 2.87. The van der Waals surface area contributed by atoms with Gasteiger partial charge in [0, 0.05) is 5.41 Å². The zero-order valence-corrected chi connectivity index (χ0v) is 8.09. The summed E-state index contributed by atoms with van der Waals surface area (Å²) in [5.74, 6) is 0. The van der Waals surface area contributed by atoms with Crippen molar-refractivity contribution in [1.82, 2.24) is 4.98 Å². The molecule has 70 valence electrons. The highest BCUT2D eigenvalue weighted by Crippen LogP contribution is 2.42. The van der Waals surface area contributed by atoms with E-state index in [-0.39, 0.29) is 12.0 Å². The molecular weight excluding hydrogens is 186 g/mol. The van der Waals surface area contributed by atoms with Gasteiger partial charge in [-0.3, -0.25) is 0 Å².